The van der Waals surface area contributed by atoms with E-state index in [4.69, 9.17) is 0 Å². The van der Waals surface area contributed by atoms with Crippen molar-refractivity contribution in [1.29, 1.82) is 0 Å². The summed E-state index contributed by atoms with van der Waals surface area (Å²) in [5.41, 5.74) is 1.53. The topological polar surface area (TPSA) is 70.3 Å². The molecule has 0 atom stereocenters. The third-order valence-electron chi connectivity index (χ3n) is 2.71. The molecule has 3 rings (SSSR count). The molecule has 0 saturated carbocycles. The van der Waals surface area contributed by atoms with Gasteiger partial charge in [-0.2, -0.15) is 5.10 Å². The van der Waals surface area contributed by atoms with E-state index in [1.807, 2.05) is 0 Å². The monoisotopic (exact) mass is 256 g/mol. The lowest BCUT2D eigenvalue weighted by Gasteiger charge is -2.04. The molecular formula is C13H7FN3O2-. The second-order valence-corrected chi connectivity index (χ2v) is 3.92. The molecule has 1 aromatic carbocycles. The van der Waals surface area contributed by atoms with E-state index in [9.17, 15) is 14.3 Å². The summed E-state index contributed by atoms with van der Waals surface area (Å²) in [6, 6.07) is 8.82. The number of hydrogen-bond donors (Lipinski definition) is 0. The summed E-state index contributed by atoms with van der Waals surface area (Å²) in [6.45, 7) is 0. The van der Waals surface area contributed by atoms with E-state index in [1.54, 1.807) is 18.2 Å². The molecule has 0 aliphatic rings. The number of fused-ring (bicyclic) bond motifs is 1. The van der Waals surface area contributed by atoms with Crippen molar-refractivity contribution in [2.24, 2.45) is 0 Å². The summed E-state index contributed by atoms with van der Waals surface area (Å²) in [7, 11) is 0. The van der Waals surface area contributed by atoms with Gasteiger partial charge in [0.2, 0.25) is 0 Å². The molecule has 3 aromatic rings. The fraction of sp³-hybridized carbons (Fsp3) is 0. The molecule has 0 bridgehead atoms. The molecule has 0 saturated heterocycles. The number of hydrogen-bond acceptors (Lipinski definition) is 4. The number of aromatic nitrogens is 3. The minimum atomic E-state index is -1.37. The van der Waals surface area contributed by atoms with Crippen LogP contribution >= 0.6 is 0 Å². The number of carboxylic acid groups (broad SMARTS) is 1. The van der Waals surface area contributed by atoms with Crippen LogP contribution in [0.25, 0.3) is 16.9 Å². The van der Waals surface area contributed by atoms with Gasteiger partial charge in [0, 0.05) is 17.8 Å². The number of aromatic carboxylic acids is 1. The van der Waals surface area contributed by atoms with Gasteiger partial charge in [0.05, 0.1) is 11.7 Å². The first-order valence-electron chi connectivity index (χ1n) is 5.47. The molecular weight excluding hydrogens is 249 g/mol. The molecule has 94 valence electrons. The Bertz CT molecular complexity index is 765. The third kappa shape index (κ3) is 1.93. The van der Waals surface area contributed by atoms with Crippen molar-refractivity contribution in [3.05, 3.63) is 54.1 Å². The molecule has 2 aromatic heterocycles. The highest BCUT2D eigenvalue weighted by Crippen LogP contribution is 2.20. The fourth-order valence-corrected chi connectivity index (χ4v) is 1.83. The SMILES string of the molecule is O=C([O-])c1cc2nccc(-c3ccc(F)cc3)n2n1. The standard InChI is InChI=1S/C13H8FN3O2/c14-9-3-1-8(2-4-9)11-5-6-15-12-7-10(13(18)19)16-17(11)12/h1-7H,(H,18,19)/p-1. The lowest BCUT2D eigenvalue weighted by atomic mass is 10.1. The van der Waals surface area contributed by atoms with E-state index < -0.39 is 5.97 Å². The molecule has 0 radical (unpaired) electrons. The molecule has 0 unspecified atom stereocenters. The van der Waals surface area contributed by atoms with Crippen molar-refractivity contribution in [2.75, 3.05) is 0 Å². The largest absolute Gasteiger partial charge is 0.543 e. The number of carbonyl (C=O) groups excluding carboxylic acids is 1. The van der Waals surface area contributed by atoms with Gasteiger partial charge < -0.3 is 9.90 Å². The molecule has 0 amide bonds. The number of nitrogens with zero attached hydrogens (tertiary/aromatic N) is 3. The third-order valence-corrected chi connectivity index (χ3v) is 2.71. The number of carboxylic acids is 1. The lowest BCUT2D eigenvalue weighted by Crippen LogP contribution is -2.22. The average molecular weight is 256 g/mol. The quantitative estimate of drug-likeness (QED) is 0.683. The fourth-order valence-electron chi connectivity index (χ4n) is 1.83. The van der Waals surface area contributed by atoms with Gasteiger partial charge in [-0.05, 0) is 30.3 Å². The van der Waals surface area contributed by atoms with E-state index >= 15 is 0 Å². The molecule has 5 nitrogen and oxygen atoms in total. The molecule has 0 fully saturated rings. The van der Waals surface area contributed by atoms with Gasteiger partial charge in [-0.15, -0.1) is 0 Å². The van der Waals surface area contributed by atoms with Crippen molar-refractivity contribution >= 4 is 11.6 Å². The van der Waals surface area contributed by atoms with Gasteiger partial charge in [-0.3, -0.25) is 0 Å². The molecule has 2 heterocycles. The number of carbonyl (C=O) groups is 1. The first-order chi connectivity index (χ1) is 9.15. The number of rotatable bonds is 2. The Morgan fingerprint density at radius 3 is 2.63 bits per heavy atom. The van der Waals surface area contributed by atoms with Gasteiger partial charge in [-0.25, -0.2) is 13.9 Å². The molecule has 0 aliphatic heterocycles. The van der Waals surface area contributed by atoms with Gasteiger partial charge >= 0.3 is 0 Å². The summed E-state index contributed by atoms with van der Waals surface area (Å²) in [5.74, 6) is -1.71. The van der Waals surface area contributed by atoms with Crippen LogP contribution in [0.3, 0.4) is 0 Å². The summed E-state index contributed by atoms with van der Waals surface area (Å²) < 4.78 is 14.3. The molecule has 0 spiro atoms. The van der Waals surface area contributed by atoms with Crippen LogP contribution in [0, 0.1) is 5.82 Å². The van der Waals surface area contributed by atoms with E-state index in [1.165, 1.54) is 28.9 Å². The van der Waals surface area contributed by atoms with Crippen LogP contribution in [0.15, 0.2) is 42.6 Å². The predicted octanol–water partition coefficient (Wildman–Crippen LogP) is 0.899. The van der Waals surface area contributed by atoms with E-state index in [-0.39, 0.29) is 11.5 Å². The minimum Gasteiger partial charge on any atom is -0.543 e. The van der Waals surface area contributed by atoms with Crippen molar-refractivity contribution in [3.8, 4) is 11.3 Å². The van der Waals surface area contributed by atoms with E-state index in [2.05, 4.69) is 10.1 Å². The van der Waals surface area contributed by atoms with E-state index in [0.717, 1.165) is 0 Å². The van der Waals surface area contributed by atoms with Crippen LogP contribution in [-0.2, 0) is 0 Å². The van der Waals surface area contributed by atoms with Crippen LogP contribution in [0.1, 0.15) is 10.5 Å². The summed E-state index contributed by atoms with van der Waals surface area (Å²) >= 11 is 0. The van der Waals surface area contributed by atoms with Crippen LogP contribution in [0.5, 0.6) is 0 Å². The Labute approximate surface area is 107 Å². The van der Waals surface area contributed by atoms with Crippen LogP contribution in [0.2, 0.25) is 0 Å². The Kier molecular flexibility index (Phi) is 2.49. The van der Waals surface area contributed by atoms with Gasteiger partial charge in [-0.1, -0.05) is 0 Å². The molecule has 0 aliphatic carbocycles. The van der Waals surface area contributed by atoms with E-state index in [0.29, 0.717) is 16.9 Å². The zero-order chi connectivity index (χ0) is 13.4. The van der Waals surface area contributed by atoms with Gasteiger partial charge in [0.15, 0.2) is 5.65 Å². The smallest absolute Gasteiger partial charge is 0.156 e. The van der Waals surface area contributed by atoms with Crippen LogP contribution in [0.4, 0.5) is 4.39 Å². The maximum atomic E-state index is 12.9. The maximum absolute atomic E-state index is 12.9. The average Bonchev–Trinajstić information content (AvgIpc) is 2.83. The lowest BCUT2D eigenvalue weighted by molar-refractivity contribution is -0.255. The summed E-state index contributed by atoms with van der Waals surface area (Å²) in [6.07, 6.45) is 1.54. The summed E-state index contributed by atoms with van der Waals surface area (Å²) in [4.78, 5) is 14.8. The minimum absolute atomic E-state index is 0.193. The Balaban J connectivity index is 2.23. The Morgan fingerprint density at radius 1 is 1.21 bits per heavy atom. The first-order valence-corrected chi connectivity index (χ1v) is 5.47. The zero-order valence-electron chi connectivity index (χ0n) is 9.58. The van der Waals surface area contributed by atoms with Crippen LogP contribution in [-0.4, -0.2) is 20.6 Å². The van der Waals surface area contributed by atoms with Crippen molar-refractivity contribution in [1.82, 2.24) is 14.6 Å². The Morgan fingerprint density at radius 2 is 1.95 bits per heavy atom. The van der Waals surface area contributed by atoms with Crippen molar-refractivity contribution in [3.63, 3.8) is 0 Å². The molecule has 0 N–H and O–H groups in total. The van der Waals surface area contributed by atoms with Gasteiger partial charge in [0.1, 0.15) is 11.5 Å². The number of halogens is 1. The van der Waals surface area contributed by atoms with Gasteiger partial charge in [0.25, 0.3) is 0 Å². The normalized spacial score (nSPS) is 10.8. The maximum Gasteiger partial charge on any atom is 0.156 e. The van der Waals surface area contributed by atoms with Crippen LogP contribution < -0.4 is 5.11 Å². The van der Waals surface area contributed by atoms with Crippen molar-refractivity contribution < 1.29 is 14.3 Å². The first kappa shape index (κ1) is 11.3. The highest BCUT2D eigenvalue weighted by Gasteiger charge is 2.08. The van der Waals surface area contributed by atoms with Crippen molar-refractivity contribution in [2.45, 2.75) is 0 Å². The number of benzene rings is 1. The highest BCUT2D eigenvalue weighted by molar-refractivity contribution is 5.85. The highest BCUT2D eigenvalue weighted by atomic mass is 19.1. The molecule has 19 heavy (non-hydrogen) atoms. The molecule has 6 heteroatoms. The zero-order valence-corrected chi connectivity index (χ0v) is 9.58. The predicted molar refractivity (Wildman–Crippen MR) is 62.7 cm³/mol. The Hall–Kier alpha value is -2.76. The second kappa shape index (κ2) is 4.16. The summed E-state index contributed by atoms with van der Waals surface area (Å²) in [5, 5.41) is 14.7. The second-order valence-electron chi connectivity index (χ2n) is 3.92.